The number of fused-ring (bicyclic) bond motifs is 1. The molecule has 0 spiro atoms. The molecule has 154 valence electrons. The molecule has 0 unspecified atom stereocenters. The number of hydrogen-bond acceptors (Lipinski definition) is 5. The molecule has 6 nitrogen and oxygen atoms in total. The van der Waals surface area contributed by atoms with Gasteiger partial charge in [0.05, 0.1) is 19.8 Å². The fraction of sp³-hybridized carbons (Fsp3) is 0.391. The van der Waals surface area contributed by atoms with Crippen molar-refractivity contribution in [1.82, 2.24) is 5.32 Å². The molecule has 3 rings (SSSR count). The van der Waals surface area contributed by atoms with Gasteiger partial charge >= 0.3 is 5.97 Å². The Morgan fingerprint density at radius 3 is 2.41 bits per heavy atom. The number of amides is 1. The zero-order chi connectivity index (χ0) is 20.8. The molecule has 2 aromatic carbocycles. The minimum absolute atomic E-state index is 0.292. The van der Waals surface area contributed by atoms with Crippen molar-refractivity contribution < 1.29 is 23.8 Å². The number of benzene rings is 2. The molecule has 29 heavy (non-hydrogen) atoms. The van der Waals surface area contributed by atoms with Crippen molar-refractivity contribution in [3.63, 3.8) is 0 Å². The molecule has 0 fully saturated rings. The van der Waals surface area contributed by atoms with Gasteiger partial charge in [-0.2, -0.15) is 0 Å². The number of hydrogen-bond donors (Lipinski definition) is 1. The summed E-state index contributed by atoms with van der Waals surface area (Å²) in [6.45, 7) is 1.86. The summed E-state index contributed by atoms with van der Waals surface area (Å²) in [6.07, 6.45) is 3.48. The molecule has 0 aromatic heterocycles. The maximum absolute atomic E-state index is 12.4. The summed E-state index contributed by atoms with van der Waals surface area (Å²) in [6, 6.07) is 11.1. The van der Waals surface area contributed by atoms with Gasteiger partial charge in [-0.3, -0.25) is 4.79 Å². The predicted octanol–water partition coefficient (Wildman–Crippen LogP) is 3.44. The zero-order valence-electron chi connectivity index (χ0n) is 17.1. The lowest BCUT2D eigenvalue weighted by Crippen LogP contribution is -2.35. The molecule has 1 aliphatic carbocycles. The molecule has 0 aliphatic heterocycles. The lowest BCUT2D eigenvalue weighted by molar-refractivity contribution is -0.129. The summed E-state index contributed by atoms with van der Waals surface area (Å²) >= 11 is 0. The Hall–Kier alpha value is -3.02. The van der Waals surface area contributed by atoms with Crippen LogP contribution in [0.1, 0.15) is 46.8 Å². The van der Waals surface area contributed by atoms with E-state index in [-0.39, 0.29) is 5.91 Å². The van der Waals surface area contributed by atoms with Crippen molar-refractivity contribution in [3.8, 4) is 11.5 Å². The number of aryl methyl sites for hydroxylation is 2. The number of rotatable bonds is 7. The summed E-state index contributed by atoms with van der Waals surface area (Å²) < 4.78 is 15.8. The second-order valence-electron chi connectivity index (χ2n) is 7.15. The van der Waals surface area contributed by atoms with E-state index in [4.69, 9.17) is 14.2 Å². The number of esters is 1. The number of ether oxygens (including phenoxy) is 3. The Bertz CT molecular complexity index is 893. The first-order chi connectivity index (χ1) is 14.0. The number of nitrogens with one attached hydrogen (secondary N) is 1. The summed E-state index contributed by atoms with van der Waals surface area (Å²) in [5.74, 6) is 0.374. The van der Waals surface area contributed by atoms with E-state index in [0.717, 1.165) is 24.8 Å². The fourth-order valence-electron chi connectivity index (χ4n) is 3.47. The van der Waals surface area contributed by atoms with Crippen LogP contribution < -0.4 is 14.8 Å². The van der Waals surface area contributed by atoms with Crippen molar-refractivity contribution in [2.75, 3.05) is 14.2 Å². The molecule has 0 bridgehead atoms. The molecular weight excluding hydrogens is 370 g/mol. The quantitative estimate of drug-likeness (QED) is 0.725. The second-order valence-corrected chi connectivity index (χ2v) is 7.15. The molecule has 2 aromatic rings. The van der Waals surface area contributed by atoms with Crippen LogP contribution in [0.4, 0.5) is 0 Å². The first-order valence-corrected chi connectivity index (χ1v) is 9.83. The molecular formula is C23H27NO5. The first-order valence-electron chi connectivity index (χ1n) is 9.83. The normalized spacial score (nSPS) is 13.8. The first kappa shape index (κ1) is 20.7. The van der Waals surface area contributed by atoms with Crippen molar-refractivity contribution >= 4 is 11.9 Å². The Balaban J connectivity index is 1.55. The minimum atomic E-state index is -0.890. The summed E-state index contributed by atoms with van der Waals surface area (Å²) in [4.78, 5) is 24.8. The van der Waals surface area contributed by atoms with Gasteiger partial charge < -0.3 is 19.5 Å². The monoisotopic (exact) mass is 397 g/mol. The van der Waals surface area contributed by atoms with Crippen molar-refractivity contribution in [3.05, 3.63) is 58.7 Å². The SMILES string of the molecule is COc1ccc(CNC(=O)[C@H](C)OC(=O)c2ccc3c(c2)CCCC3)cc1OC. The predicted molar refractivity (Wildman–Crippen MR) is 109 cm³/mol. The molecule has 0 saturated carbocycles. The summed E-state index contributed by atoms with van der Waals surface area (Å²) in [5.41, 5.74) is 3.85. The lowest BCUT2D eigenvalue weighted by Gasteiger charge is -2.17. The van der Waals surface area contributed by atoms with E-state index in [2.05, 4.69) is 5.32 Å². The second kappa shape index (κ2) is 9.45. The number of methoxy groups -OCH3 is 2. The Kier molecular flexibility index (Phi) is 6.75. The maximum atomic E-state index is 12.4. The highest BCUT2D eigenvalue weighted by Crippen LogP contribution is 2.27. The van der Waals surface area contributed by atoms with Crippen LogP contribution in [-0.4, -0.2) is 32.2 Å². The van der Waals surface area contributed by atoms with Crippen LogP contribution in [0.5, 0.6) is 11.5 Å². The third-order valence-corrected chi connectivity index (χ3v) is 5.15. The summed E-state index contributed by atoms with van der Waals surface area (Å²) in [5, 5.41) is 2.78. The molecule has 0 radical (unpaired) electrons. The van der Waals surface area contributed by atoms with E-state index in [1.807, 2.05) is 18.2 Å². The Morgan fingerprint density at radius 1 is 0.966 bits per heavy atom. The van der Waals surface area contributed by atoms with Gasteiger partial charge in [-0.1, -0.05) is 12.1 Å². The maximum Gasteiger partial charge on any atom is 0.338 e. The van der Waals surface area contributed by atoms with Crippen LogP contribution in [-0.2, 0) is 28.9 Å². The van der Waals surface area contributed by atoms with E-state index < -0.39 is 12.1 Å². The highest BCUT2D eigenvalue weighted by atomic mass is 16.5. The highest BCUT2D eigenvalue weighted by molar-refractivity contribution is 5.92. The van der Waals surface area contributed by atoms with Crippen LogP contribution in [0, 0.1) is 0 Å². The fourth-order valence-corrected chi connectivity index (χ4v) is 3.47. The lowest BCUT2D eigenvalue weighted by atomic mass is 9.90. The molecule has 1 amide bonds. The molecule has 0 saturated heterocycles. The van der Waals surface area contributed by atoms with Crippen LogP contribution in [0.3, 0.4) is 0 Å². The molecule has 0 heterocycles. The van der Waals surface area contributed by atoms with Crippen LogP contribution in [0.15, 0.2) is 36.4 Å². The van der Waals surface area contributed by atoms with E-state index in [9.17, 15) is 9.59 Å². The third kappa shape index (κ3) is 5.08. The molecule has 1 N–H and O–H groups in total. The molecule has 1 aliphatic rings. The van der Waals surface area contributed by atoms with Crippen molar-refractivity contribution in [1.29, 1.82) is 0 Å². The summed E-state index contributed by atoms with van der Waals surface area (Å²) in [7, 11) is 3.13. The highest BCUT2D eigenvalue weighted by Gasteiger charge is 2.20. The standard InChI is InChI=1S/C23H27NO5/c1-15(22(25)24-14-16-8-11-20(27-2)21(12-16)28-3)29-23(26)19-10-9-17-6-4-5-7-18(17)13-19/h8-13,15H,4-7,14H2,1-3H3,(H,24,25)/t15-/m0/s1. The third-order valence-electron chi connectivity index (χ3n) is 5.15. The van der Waals surface area contributed by atoms with Gasteiger partial charge in [0.1, 0.15) is 0 Å². The topological polar surface area (TPSA) is 73.9 Å². The van der Waals surface area contributed by atoms with Gasteiger partial charge in [0, 0.05) is 6.54 Å². The van der Waals surface area contributed by atoms with E-state index in [1.165, 1.54) is 17.5 Å². The average Bonchev–Trinajstić information content (AvgIpc) is 2.76. The van der Waals surface area contributed by atoms with E-state index in [0.29, 0.717) is 23.6 Å². The van der Waals surface area contributed by atoms with E-state index >= 15 is 0 Å². The van der Waals surface area contributed by atoms with Crippen molar-refractivity contribution in [2.24, 2.45) is 0 Å². The molecule has 1 atom stereocenters. The van der Waals surface area contributed by atoms with Crippen molar-refractivity contribution in [2.45, 2.75) is 45.3 Å². The Labute approximate surface area is 171 Å². The van der Waals surface area contributed by atoms with Gasteiger partial charge in [0.25, 0.3) is 5.91 Å². The van der Waals surface area contributed by atoms with Gasteiger partial charge in [0.2, 0.25) is 0 Å². The average molecular weight is 397 g/mol. The number of carbonyl (C=O) groups excluding carboxylic acids is 2. The Morgan fingerprint density at radius 2 is 1.69 bits per heavy atom. The van der Waals surface area contributed by atoms with Crippen LogP contribution in [0.25, 0.3) is 0 Å². The van der Waals surface area contributed by atoms with Crippen LogP contribution in [0.2, 0.25) is 0 Å². The largest absolute Gasteiger partial charge is 0.493 e. The van der Waals surface area contributed by atoms with E-state index in [1.54, 1.807) is 39.3 Å². The van der Waals surface area contributed by atoms with Gasteiger partial charge in [-0.05, 0) is 73.6 Å². The zero-order valence-corrected chi connectivity index (χ0v) is 17.1. The minimum Gasteiger partial charge on any atom is -0.493 e. The van der Waals surface area contributed by atoms with Gasteiger partial charge in [-0.25, -0.2) is 4.79 Å². The number of carbonyl (C=O) groups is 2. The smallest absolute Gasteiger partial charge is 0.338 e. The molecule has 6 heteroatoms. The van der Waals surface area contributed by atoms with Crippen LogP contribution >= 0.6 is 0 Å². The van der Waals surface area contributed by atoms with Gasteiger partial charge in [0.15, 0.2) is 17.6 Å². The van der Waals surface area contributed by atoms with Gasteiger partial charge in [-0.15, -0.1) is 0 Å².